The smallest absolute Gasteiger partial charge is 0.0754 e. The maximum atomic E-state index is 5.71. The van der Waals surface area contributed by atoms with Gasteiger partial charge in [0, 0.05) is 24.9 Å². The third-order valence-electron chi connectivity index (χ3n) is 3.70. The van der Waals surface area contributed by atoms with Crippen LogP contribution in [0.4, 0.5) is 0 Å². The van der Waals surface area contributed by atoms with Gasteiger partial charge >= 0.3 is 0 Å². The van der Waals surface area contributed by atoms with Crippen LogP contribution in [0.25, 0.3) is 10.9 Å². The van der Waals surface area contributed by atoms with Gasteiger partial charge in [-0.3, -0.25) is 0 Å². The van der Waals surface area contributed by atoms with Crippen molar-refractivity contribution in [3.8, 4) is 0 Å². The molecule has 2 heterocycles. The van der Waals surface area contributed by atoms with E-state index < -0.39 is 0 Å². The number of aromatic nitrogens is 1. The Kier molecular flexibility index (Phi) is 3.35. The van der Waals surface area contributed by atoms with Crippen molar-refractivity contribution < 1.29 is 4.74 Å². The molecule has 18 heavy (non-hydrogen) atoms. The van der Waals surface area contributed by atoms with E-state index in [1.165, 1.54) is 29.3 Å². The molecule has 1 aliphatic heterocycles. The van der Waals surface area contributed by atoms with Crippen molar-refractivity contribution >= 4 is 10.9 Å². The largest absolute Gasteiger partial charge is 0.376 e. The third-order valence-corrected chi connectivity index (χ3v) is 3.70. The number of benzene rings is 1. The highest BCUT2D eigenvalue weighted by Crippen LogP contribution is 2.21. The van der Waals surface area contributed by atoms with E-state index in [9.17, 15) is 0 Å². The molecule has 1 saturated heterocycles. The van der Waals surface area contributed by atoms with Gasteiger partial charge < -0.3 is 15.0 Å². The number of hydrogen-bond acceptors (Lipinski definition) is 2. The monoisotopic (exact) mass is 244 g/mol. The molecule has 96 valence electrons. The van der Waals surface area contributed by atoms with Crippen LogP contribution in [0.1, 0.15) is 18.4 Å². The lowest BCUT2D eigenvalue weighted by molar-refractivity contribution is 0.0980. The molecule has 0 saturated carbocycles. The van der Waals surface area contributed by atoms with E-state index in [0.717, 1.165) is 19.6 Å². The Hall–Kier alpha value is -1.32. The van der Waals surface area contributed by atoms with Gasteiger partial charge in [-0.2, -0.15) is 0 Å². The molecule has 1 fully saturated rings. The maximum Gasteiger partial charge on any atom is 0.0754 e. The summed E-state index contributed by atoms with van der Waals surface area (Å²) in [5, 5.41) is 1.30. The number of rotatable bonds is 4. The first kappa shape index (κ1) is 11.8. The van der Waals surface area contributed by atoms with Gasteiger partial charge in [-0.25, -0.2) is 0 Å². The summed E-state index contributed by atoms with van der Waals surface area (Å²) in [6.45, 7) is 2.59. The summed E-state index contributed by atoms with van der Waals surface area (Å²) in [6, 6.07) is 8.80. The second-order valence-corrected chi connectivity index (χ2v) is 5.03. The first-order valence-electron chi connectivity index (χ1n) is 6.76. The Morgan fingerprint density at radius 3 is 3.06 bits per heavy atom. The number of hydrogen-bond donors (Lipinski definition) is 1. The molecule has 0 bridgehead atoms. The predicted octanol–water partition coefficient (Wildman–Crippen LogP) is 2.32. The van der Waals surface area contributed by atoms with Crippen LogP contribution in [0.5, 0.6) is 0 Å². The minimum atomic E-state index is 0.388. The summed E-state index contributed by atoms with van der Waals surface area (Å²) in [6.07, 6.45) is 5.88. The zero-order valence-electron chi connectivity index (χ0n) is 10.6. The second kappa shape index (κ2) is 5.12. The van der Waals surface area contributed by atoms with Gasteiger partial charge in [0.2, 0.25) is 0 Å². The van der Waals surface area contributed by atoms with Crippen LogP contribution in [0.15, 0.2) is 30.5 Å². The van der Waals surface area contributed by atoms with Crippen molar-refractivity contribution in [1.29, 1.82) is 0 Å². The van der Waals surface area contributed by atoms with Gasteiger partial charge in [0.05, 0.1) is 6.10 Å². The van der Waals surface area contributed by atoms with Crippen molar-refractivity contribution in [1.82, 2.24) is 4.57 Å². The Morgan fingerprint density at radius 2 is 2.28 bits per heavy atom. The fourth-order valence-corrected chi connectivity index (χ4v) is 2.72. The van der Waals surface area contributed by atoms with Gasteiger partial charge in [0.1, 0.15) is 0 Å². The quantitative estimate of drug-likeness (QED) is 0.896. The van der Waals surface area contributed by atoms with Gasteiger partial charge in [-0.1, -0.05) is 12.1 Å². The van der Waals surface area contributed by atoms with Crippen LogP contribution in [0.3, 0.4) is 0 Å². The summed E-state index contributed by atoms with van der Waals surface area (Å²) < 4.78 is 8.02. The number of nitrogens with two attached hydrogens (primary N) is 1. The average Bonchev–Trinajstić information content (AvgIpc) is 3.01. The Labute approximate surface area is 108 Å². The lowest BCUT2D eigenvalue weighted by atomic mass is 10.1. The van der Waals surface area contributed by atoms with Crippen molar-refractivity contribution in [3.05, 3.63) is 36.0 Å². The van der Waals surface area contributed by atoms with Gasteiger partial charge in [-0.15, -0.1) is 0 Å². The van der Waals surface area contributed by atoms with E-state index in [1.807, 2.05) is 0 Å². The molecular formula is C15H20N2O. The fraction of sp³-hybridized carbons (Fsp3) is 0.467. The maximum absolute atomic E-state index is 5.71. The second-order valence-electron chi connectivity index (χ2n) is 5.03. The van der Waals surface area contributed by atoms with Crippen LogP contribution in [-0.4, -0.2) is 23.8 Å². The number of nitrogens with zero attached hydrogens (tertiary/aromatic N) is 1. The average molecular weight is 244 g/mol. The Bertz CT molecular complexity index is 526. The molecule has 0 spiro atoms. The predicted molar refractivity (Wildman–Crippen MR) is 73.7 cm³/mol. The zero-order valence-corrected chi connectivity index (χ0v) is 10.6. The Balaban J connectivity index is 1.88. The molecule has 1 aromatic carbocycles. The van der Waals surface area contributed by atoms with Crippen LogP contribution < -0.4 is 5.73 Å². The van der Waals surface area contributed by atoms with Gasteiger partial charge in [0.15, 0.2) is 0 Å². The molecule has 1 aromatic heterocycles. The molecular weight excluding hydrogens is 224 g/mol. The van der Waals surface area contributed by atoms with Gasteiger partial charge in [0.25, 0.3) is 0 Å². The molecule has 0 aliphatic carbocycles. The van der Waals surface area contributed by atoms with Crippen molar-refractivity contribution in [3.63, 3.8) is 0 Å². The van der Waals surface area contributed by atoms with E-state index in [-0.39, 0.29) is 0 Å². The normalized spacial score (nSPS) is 19.7. The molecule has 1 unspecified atom stereocenters. The van der Waals surface area contributed by atoms with Crippen molar-refractivity contribution in [2.24, 2.45) is 5.73 Å². The molecule has 3 heteroatoms. The van der Waals surface area contributed by atoms with Crippen molar-refractivity contribution in [2.75, 3.05) is 13.2 Å². The first-order chi connectivity index (χ1) is 8.86. The molecule has 3 nitrogen and oxygen atoms in total. The highest BCUT2D eigenvalue weighted by Gasteiger charge is 2.16. The zero-order chi connectivity index (χ0) is 12.4. The van der Waals surface area contributed by atoms with Crippen molar-refractivity contribution in [2.45, 2.75) is 31.9 Å². The molecule has 1 atom stereocenters. The molecule has 1 aliphatic rings. The van der Waals surface area contributed by atoms with E-state index in [1.54, 1.807) is 0 Å². The van der Waals surface area contributed by atoms with E-state index in [2.05, 4.69) is 35.0 Å². The highest BCUT2D eigenvalue weighted by molar-refractivity contribution is 5.80. The minimum Gasteiger partial charge on any atom is -0.376 e. The molecule has 0 amide bonds. The standard InChI is InChI=1S/C15H20N2O/c16-7-5-12-3-4-13-6-8-17(15(13)10-12)11-14-2-1-9-18-14/h3-4,6,8,10,14H,1-2,5,7,9,11,16H2. The van der Waals surface area contributed by atoms with E-state index in [4.69, 9.17) is 10.5 Å². The number of fused-ring (bicyclic) bond motifs is 1. The van der Waals surface area contributed by atoms with Crippen LogP contribution in [0.2, 0.25) is 0 Å². The summed E-state index contributed by atoms with van der Waals surface area (Å²) in [7, 11) is 0. The summed E-state index contributed by atoms with van der Waals surface area (Å²) in [5.41, 5.74) is 8.24. The minimum absolute atomic E-state index is 0.388. The lowest BCUT2D eigenvalue weighted by Gasteiger charge is -2.12. The molecule has 2 N–H and O–H groups in total. The lowest BCUT2D eigenvalue weighted by Crippen LogP contribution is -2.14. The molecule has 2 aromatic rings. The van der Waals surface area contributed by atoms with Crippen LogP contribution in [-0.2, 0) is 17.7 Å². The molecule has 0 radical (unpaired) electrons. The van der Waals surface area contributed by atoms with Gasteiger partial charge in [-0.05, 0) is 48.9 Å². The fourth-order valence-electron chi connectivity index (χ4n) is 2.72. The number of ether oxygens (including phenoxy) is 1. The highest BCUT2D eigenvalue weighted by atomic mass is 16.5. The van der Waals surface area contributed by atoms with E-state index >= 15 is 0 Å². The topological polar surface area (TPSA) is 40.2 Å². The first-order valence-corrected chi connectivity index (χ1v) is 6.76. The summed E-state index contributed by atoms with van der Waals surface area (Å²) in [4.78, 5) is 0. The van der Waals surface area contributed by atoms with Crippen LogP contribution >= 0.6 is 0 Å². The summed E-state index contributed by atoms with van der Waals surface area (Å²) in [5.74, 6) is 0. The summed E-state index contributed by atoms with van der Waals surface area (Å²) >= 11 is 0. The SMILES string of the molecule is NCCc1ccc2ccn(CC3CCCO3)c2c1. The Morgan fingerprint density at radius 1 is 1.33 bits per heavy atom. The third kappa shape index (κ3) is 2.28. The van der Waals surface area contributed by atoms with E-state index in [0.29, 0.717) is 12.6 Å². The van der Waals surface area contributed by atoms with Crippen LogP contribution in [0, 0.1) is 0 Å². The molecule has 3 rings (SSSR count).